The van der Waals surface area contributed by atoms with E-state index in [1.165, 1.54) is 0 Å². The number of nitrogens with one attached hydrogen (secondary N) is 1. The van der Waals surface area contributed by atoms with Crippen molar-refractivity contribution < 1.29 is 9.90 Å². The number of aromatic hydroxyl groups is 1. The molecule has 0 saturated carbocycles. The Morgan fingerprint density at radius 2 is 1.73 bits per heavy atom. The zero-order chi connectivity index (χ0) is 18.4. The number of rotatable bonds is 7. The van der Waals surface area contributed by atoms with Gasteiger partial charge in [0.05, 0.1) is 6.54 Å². The zero-order valence-electron chi connectivity index (χ0n) is 15.0. The van der Waals surface area contributed by atoms with E-state index in [1.54, 1.807) is 12.1 Å². The highest BCUT2D eigenvalue weighted by Gasteiger charge is 2.13. The molecular weight excluding hydrogens is 324 g/mol. The van der Waals surface area contributed by atoms with Crippen LogP contribution in [0.4, 0.5) is 5.69 Å². The summed E-state index contributed by atoms with van der Waals surface area (Å²) in [6, 6.07) is 21.2. The summed E-state index contributed by atoms with van der Waals surface area (Å²) in [4.78, 5) is 14.7. The summed E-state index contributed by atoms with van der Waals surface area (Å²) < 4.78 is 0. The molecule has 0 saturated heterocycles. The second kappa shape index (κ2) is 8.50. The van der Waals surface area contributed by atoms with Crippen molar-refractivity contribution in [2.75, 3.05) is 18.4 Å². The number of fused-ring (bicyclic) bond motifs is 1. The number of anilines is 1. The van der Waals surface area contributed by atoms with Gasteiger partial charge in [0.25, 0.3) is 0 Å². The lowest BCUT2D eigenvalue weighted by atomic mass is 10.1. The van der Waals surface area contributed by atoms with Gasteiger partial charge in [-0.2, -0.15) is 0 Å². The van der Waals surface area contributed by atoms with Crippen LogP contribution in [0, 0.1) is 0 Å². The highest BCUT2D eigenvalue weighted by atomic mass is 16.3. The summed E-state index contributed by atoms with van der Waals surface area (Å²) in [6.07, 6.45) is 0.940. The quantitative estimate of drug-likeness (QED) is 0.665. The van der Waals surface area contributed by atoms with E-state index in [0.29, 0.717) is 6.54 Å². The van der Waals surface area contributed by atoms with Gasteiger partial charge in [-0.25, -0.2) is 0 Å². The molecule has 0 atom stereocenters. The minimum absolute atomic E-state index is 0.0507. The maximum atomic E-state index is 12.6. The third-order valence-electron chi connectivity index (χ3n) is 4.36. The van der Waals surface area contributed by atoms with Gasteiger partial charge in [0.2, 0.25) is 5.91 Å². The van der Waals surface area contributed by atoms with Crippen molar-refractivity contribution in [2.45, 2.75) is 19.9 Å². The summed E-state index contributed by atoms with van der Waals surface area (Å²) >= 11 is 0. The molecule has 4 nitrogen and oxygen atoms in total. The molecule has 0 unspecified atom stereocenters. The third kappa shape index (κ3) is 4.41. The summed E-state index contributed by atoms with van der Waals surface area (Å²) in [6.45, 7) is 3.70. The average molecular weight is 348 g/mol. The summed E-state index contributed by atoms with van der Waals surface area (Å²) in [5.74, 6) is 0.216. The van der Waals surface area contributed by atoms with Gasteiger partial charge < -0.3 is 10.4 Å². The molecule has 3 aromatic rings. The Morgan fingerprint density at radius 1 is 1.00 bits per heavy atom. The van der Waals surface area contributed by atoms with Crippen LogP contribution in [0.2, 0.25) is 0 Å². The number of carbonyl (C=O) groups excluding carboxylic acids is 1. The van der Waals surface area contributed by atoms with Crippen LogP contribution < -0.4 is 5.32 Å². The number of hydrogen-bond acceptors (Lipinski definition) is 3. The van der Waals surface area contributed by atoms with Gasteiger partial charge in [-0.15, -0.1) is 0 Å². The maximum absolute atomic E-state index is 12.6. The molecule has 3 rings (SSSR count). The molecule has 0 aliphatic rings. The van der Waals surface area contributed by atoms with Crippen molar-refractivity contribution in [1.82, 2.24) is 4.90 Å². The molecule has 0 aromatic heterocycles. The first kappa shape index (κ1) is 18.0. The number of para-hydroxylation sites is 1. The molecule has 0 heterocycles. The minimum atomic E-state index is -0.0507. The Bertz CT molecular complexity index is 887. The van der Waals surface area contributed by atoms with Gasteiger partial charge in [-0.3, -0.25) is 9.69 Å². The Balaban J connectivity index is 1.71. The van der Waals surface area contributed by atoms with Gasteiger partial charge in [0, 0.05) is 23.2 Å². The Labute approximate surface area is 154 Å². The first-order chi connectivity index (χ1) is 12.7. The van der Waals surface area contributed by atoms with Crippen LogP contribution in [0.1, 0.15) is 18.9 Å². The second-order valence-corrected chi connectivity index (χ2v) is 6.41. The molecule has 134 valence electrons. The summed E-state index contributed by atoms with van der Waals surface area (Å²) in [5.41, 5.74) is 1.66. The zero-order valence-corrected chi connectivity index (χ0v) is 15.0. The van der Waals surface area contributed by atoms with Gasteiger partial charge in [-0.1, -0.05) is 61.5 Å². The topological polar surface area (TPSA) is 52.6 Å². The number of carbonyl (C=O) groups is 1. The van der Waals surface area contributed by atoms with Gasteiger partial charge in [-0.05, 0) is 30.5 Å². The number of benzene rings is 3. The number of nitrogens with zero attached hydrogens (tertiary/aromatic N) is 1. The van der Waals surface area contributed by atoms with Crippen LogP contribution >= 0.6 is 0 Å². The largest absolute Gasteiger partial charge is 0.508 e. The highest BCUT2D eigenvalue weighted by Crippen LogP contribution is 2.23. The normalized spacial score (nSPS) is 11.0. The predicted octanol–water partition coefficient (Wildman–Crippen LogP) is 4.40. The van der Waals surface area contributed by atoms with Gasteiger partial charge >= 0.3 is 0 Å². The lowest BCUT2D eigenvalue weighted by Gasteiger charge is -2.22. The number of phenols is 1. The molecule has 0 aliphatic heterocycles. The lowest BCUT2D eigenvalue weighted by Crippen LogP contribution is -2.33. The van der Waals surface area contributed by atoms with Gasteiger partial charge in [0.1, 0.15) is 5.75 Å². The van der Waals surface area contributed by atoms with E-state index in [9.17, 15) is 9.90 Å². The Hall–Kier alpha value is -2.85. The average Bonchev–Trinajstić information content (AvgIpc) is 2.64. The fraction of sp³-hybridized carbons (Fsp3) is 0.227. The number of amides is 1. The van der Waals surface area contributed by atoms with Crippen molar-refractivity contribution in [3.8, 4) is 5.75 Å². The van der Waals surface area contributed by atoms with Crippen molar-refractivity contribution >= 4 is 22.4 Å². The molecule has 2 N–H and O–H groups in total. The molecule has 0 radical (unpaired) electrons. The summed E-state index contributed by atoms with van der Waals surface area (Å²) in [5, 5.41) is 15.2. The molecule has 0 fully saturated rings. The molecule has 26 heavy (non-hydrogen) atoms. The molecule has 0 spiro atoms. The third-order valence-corrected chi connectivity index (χ3v) is 4.36. The molecule has 3 aromatic carbocycles. The Kier molecular flexibility index (Phi) is 5.87. The fourth-order valence-electron chi connectivity index (χ4n) is 3.14. The number of hydrogen-bond donors (Lipinski definition) is 2. The monoisotopic (exact) mass is 348 g/mol. The van der Waals surface area contributed by atoms with E-state index in [2.05, 4.69) is 17.1 Å². The van der Waals surface area contributed by atoms with E-state index in [4.69, 9.17) is 0 Å². The van der Waals surface area contributed by atoms with E-state index in [0.717, 1.165) is 35.0 Å². The van der Waals surface area contributed by atoms with Crippen LogP contribution in [0.3, 0.4) is 0 Å². The van der Waals surface area contributed by atoms with Crippen molar-refractivity contribution in [1.29, 1.82) is 0 Å². The molecule has 0 aliphatic carbocycles. The van der Waals surface area contributed by atoms with E-state index in [1.807, 2.05) is 54.6 Å². The highest BCUT2D eigenvalue weighted by molar-refractivity contribution is 6.02. The summed E-state index contributed by atoms with van der Waals surface area (Å²) in [7, 11) is 0. The minimum Gasteiger partial charge on any atom is -0.508 e. The van der Waals surface area contributed by atoms with Crippen LogP contribution in [0.15, 0.2) is 66.7 Å². The van der Waals surface area contributed by atoms with Crippen LogP contribution in [0.5, 0.6) is 5.75 Å². The molecule has 4 heteroatoms. The second-order valence-electron chi connectivity index (χ2n) is 6.41. The molecule has 0 bridgehead atoms. The molecule has 1 amide bonds. The maximum Gasteiger partial charge on any atom is 0.238 e. The molecular formula is C22H24N2O2. The first-order valence-electron chi connectivity index (χ1n) is 8.94. The van der Waals surface area contributed by atoms with E-state index >= 15 is 0 Å². The van der Waals surface area contributed by atoms with Crippen LogP contribution in [-0.2, 0) is 11.3 Å². The first-order valence-corrected chi connectivity index (χ1v) is 8.94. The SMILES string of the molecule is CCCN(CC(=O)Nc1cccc2ccccc12)Cc1ccccc1O. The van der Waals surface area contributed by atoms with Gasteiger partial charge in [0.15, 0.2) is 0 Å². The standard InChI is InChI=1S/C22H24N2O2/c1-2-14-24(15-18-9-4-6-13-21(18)25)16-22(26)23-20-12-7-10-17-8-3-5-11-19(17)20/h3-13,25H,2,14-16H2,1H3,(H,23,26). The van der Waals surface area contributed by atoms with E-state index < -0.39 is 0 Å². The van der Waals surface area contributed by atoms with Crippen LogP contribution in [0.25, 0.3) is 10.8 Å². The lowest BCUT2D eigenvalue weighted by molar-refractivity contribution is -0.117. The smallest absolute Gasteiger partial charge is 0.238 e. The van der Waals surface area contributed by atoms with Crippen molar-refractivity contribution in [2.24, 2.45) is 0 Å². The van der Waals surface area contributed by atoms with Crippen molar-refractivity contribution in [3.63, 3.8) is 0 Å². The van der Waals surface area contributed by atoms with Crippen molar-refractivity contribution in [3.05, 3.63) is 72.3 Å². The number of phenolic OH excluding ortho intramolecular Hbond substituents is 1. The van der Waals surface area contributed by atoms with E-state index in [-0.39, 0.29) is 18.2 Å². The predicted molar refractivity (Wildman–Crippen MR) is 106 cm³/mol. The fourth-order valence-corrected chi connectivity index (χ4v) is 3.14. The van der Waals surface area contributed by atoms with Crippen LogP contribution in [-0.4, -0.2) is 29.0 Å². The Morgan fingerprint density at radius 3 is 2.54 bits per heavy atom.